The highest BCUT2D eigenvalue weighted by molar-refractivity contribution is 5.13. The first-order valence-electron chi connectivity index (χ1n) is 7.35. The molecule has 1 fully saturated rings. The van der Waals surface area contributed by atoms with Gasteiger partial charge in [0.15, 0.2) is 0 Å². The summed E-state index contributed by atoms with van der Waals surface area (Å²) in [4.78, 5) is 0. The summed E-state index contributed by atoms with van der Waals surface area (Å²) < 4.78 is 0. The van der Waals surface area contributed by atoms with Crippen LogP contribution >= 0.6 is 0 Å². The van der Waals surface area contributed by atoms with E-state index in [0.29, 0.717) is 6.04 Å². The summed E-state index contributed by atoms with van der Waals surface area (Å²) in [6, 6.07) is 2.57. The first-order valence-corrected chi connectivity index (χ1v) is 7.35. The Morgan fingerprint density at radius 2 is 2.22 bits per heavy atom. The average Bonchev–Trinajstić information content (AvgIpc) is 2.46. The SMILES string of the molecule is CCNC(c1ccnnc1)C1CCCC(CC)C1. The maximum Gasteiger partial charge on any atom is 0.0544 e. The van der Waals surface area contributed by atoms with Gasteiger partial charge in [-0.1, -0.05) is 33.1 Å². The Kier molecular flexibility index (Phi) is 5.12. The van der Waals surface area contributed by atoms with E-state index in [0.717, 1.165) is 18.4 Å². The summed E-state index contributed by atoms with van der Waals surface area (Å²) in [7, 11) is 0. The first-order chi connectivity index (χ1) is 8.85. The second-order valence-electron chi connectivity index (χ2n) is 5.41. The average molecular weight is 247 g/mol. The molecule has 0 bridgehead atoms. The van der Waals surface area contributed by atoms with Crippen molar-refractivity contribution in [3.63, 3.8) is 0 Å². The Balaban J connectivity index is 2.09. The summed E-state index contributed by atoms with van der Waals surface area (Å²) in [5, 5.41) is 11.6. The molecule has 0 aromatic carbocycles. The van der Waals surface area contributed by atoms with Crippen LogP contribution in [0.15, 0.2) is 18.5 Å². The summed E-state index contributed by atoms with van der Waals surface area (Å²) in [5.41, 5.74) is 1.30. The highest BCUT2D eigenvalue weighted by Gasteiger charge is 2.28. The van der Waals surface area contributed by atoms with Gasteiger partial charge < -0.3 is 5.32 Å². The Morgan fingerprint density at radius 3 is 2.89 bits per heavy atom. The molecule has 3 unspecified atom stereocenters. The van der Waals surface area contributed by atoms with Crippen molar-refractivity contribution in [3.8, 4) is 0 Å². The molecule has 0 amide bonds. The largest absolute Gasteiger partial charge is 0.310 e. The second kappa shape index (κ2) is 6.83. The van der Waals surface area contributed by atoms with E-state index in [-0.39, 0.29) is 0 Å². The Labute approximate surface area is 110 Å². The number of aromatic nitrogens is 2. The third kappa shape index (κ3) is 3.29. The monoisotopic (exact) mass is 247 g/mol. The van der Waals surface area contributed by atoms with Crippen molar-refractivity contribution in [1.82, 2.24) is 15.5 Å². The Hall–Kier alpha value is -0.960. The molecule has 0 saturated heterocycles. The fourth-order valence-corrected chi connectivity index (χ4v) is 3.27. The maximum atomic E-state index is 4.03. The summed E-state index contributed by atoms with van der Waals surface area (Å²) in [6.07, 6.45) is 10.5. The summed E-state index contributed by atoms with van der Waals surface area (Å²) in [6.45, 7) is 5.52. The molecule has 1 aromatic heterocycles. The Morgan fingerprint density at radius 1 is 1.33 bits per heavy atom. The van der Waals surface area contributed by atoms with Gasteiger partial charge in [0.1, 0.15) is 0 Å². The van der Waals surface area contributed by atoms with Crippen LogP contribution in [-0.4, -0.2) is 16.7 Å². The lowest BCUT2D eigenvalue weighted by Gasteiger charge is -2.34. The molecule has 1 heterocycles. The van der Waals surface area contributed by atoms with Crippen molar-refractivity contribution < 1.29 is 0 Å². The van der Waals surface area contributed by atoms with E-state index < -0.39 is 0 Å². The lowest BCUT2D eigenvalue weighted by molar-refractivity contribution is 0.210. The van der Waals surface area contributed by atoms with E-state index >= 15 is 0 Å². The third-order valence-corrected chi connectivity index (χ3v) is 4.26. The minimum absolute atomic E-state index is 0.458. The first kappa shape index (κ1) is 13.5. The zero-order valence-electron chi connectivity index (χ0n) is 11.6. The normalized spacial score (nSPS) is 25.9. The predicted molar refractivity (Wildman–Crippen MR) is 74.2 cm³/mol. The molecular weight excluding hydrogens is 222 g/mol. The summed E-state index contributed by atoms with van der Waals surface area (Å²) in [5.74, 6) is 1.67. The molecule has 1 aromatic rings. The smallest absolute Gasteiger partial charge is 0.0544 e. The van der Waals surface area contributed by atoms with Crippen LogP contribution in [0.2, 0.25) is 0 Å². The Bertz CT molecular complexity index is 339. The van der Waals surface area contributed by atoms with Gasteiger partial charge in [-0.25, -0.2) is 0 Å². The van der Waals surface area contributed by atoms with Gasteiger partial charge in [-0.3, -0.25) is 0 Å². The van der Waals surface area contributed by atoms with Crippen molar-refractivity contribution >= 4 is 0 Å². The molecule has 0 spiro atoms. The molecule has 3 heteroatoms. The molecule has 18 heavy (non-hydrogen) atoms. The van der Waals surface area contributed by atoms with Gasteiger partial charge in [-0.2, -0.15) is 10.2 Å². The minimum Gasteiger partial charge on any atom is -0.310 e. The van der Waals surface area contributed by atoms with Crippen LogP contribution in [0.25, 0.3) is 0 Å². The van der Waals surface area contributed by atoms with Crippen LogP contribution in [0, 0.1) is 11.8 Å². The number of nitrogens with zero attached hydrogens (tertiary/aromatic N) is 2. The number of hydrogen-bond donors (Lipinski definition) is 1. The molecule has 3 atom stereocenters. The van der Waals surface area contributed by atoms with Gasteiger partial charge in [-0.15, -0.1) is 0 Å². The van der Waals surface area contributed by atoms with Crippen molar-refractivity contribution in [3.05, 3.63) is 24.0 Å². The lowest BCUT2D eigenvalue weighted by Crippen LogP contribution is -2.31. The molecule has 0 aliphatic heterocycles. The highest BCUT2D eigenvalue weighted by Crippen LogP contribution is 2.38. The zero-order chi connectivity index (χ0) is 12.8. The fraction of sp³-hybridized carbons (Fsp3) is 0.733. The van der Waals surface area contributed by atoms with Crippen LogP contribution in [0.5, 0.6) is 0 Å². The molecule has 2 rings (SSSR count). The van der Waals surface area contributed by atoms with Gasteiger partial charge in [0.25, 0.3) is 0 Å². The van der Waals surface area contributed by atoms with Gasteiger partial charge in [0, 0.05) is 12.2 Å². The molecule has 1 saturated carbocycles. The molecule has 1 aliphatic rings. The van der Waals surface area contributed by atoms with Crippen LogP contribution in [-0.2, 0) is 0 Å². The van der Waals surface area contributed by atoms with Gasteiger partial charge in [0.2, 0.25) is 0 Å². The standard InChI is InChI=1S/C15H25N3/c1-3-12-6-5-7-13(10-12)15(16-4-2)14-8-9-17-18-11-14/h8-9,11-13,15-16H,3-7,10H2,1-2H3. The molecule has 1 N–H and O–H groups in total. The van der Waals surface area contributed by atoms with Crippen molar-refractivity contribution in [2.75, 3.05) is 6.54 Å². The van der Waals surface area contributed by atoms with E-state index in [1.54, 1.807) is 6.20 Å². The summed E-state index contributed by atoms with van der Waals surface area (Å²) >= 11 is 0. The van der Waals surface area contributed by atoms with Gasteiger partial charge >= 0.3 is 0 Å². The molecular formula is C15H25N3. The molecule has 0 radical (unpaired) electrons. The van der Waals surface area contributed by atoms with E-state index in [9.17, 15) is 0 Å². The van der Waals surface area contributed by atoms with Crippen LogP contribution in [0.1, 0.15) is 57.6 Å². The van der Waals surface area contributed by atoms with E-state index in [4.69, 9.17) is 0 Å². The number of rotatable bonds is 5. The van der Waals surface area contributed by atoms with Crippen LogP contribution in [0.3, 0.4) is 0 Å². The second-order valence-corrected chi connectivity index (χ2v) is 5.41. The predicted octanol–water partition coefficient (Wildman–Crippen LogP) is 3.34. The lowest BCUT2D eigenvalue weighted by atomic mass is 9.75. The molecule has 100 valence electrons. The van der Waals surface area contributed by atoms with E-state index in [2.05, 4.69) is 35.4 Å². The molecule has 3 nitrogen and oxygen atoms in total. The van der Waals surface area contributed by atoms with Crippen LogP contribution in [0.4, 0.5) is 0 Å². The van der Waals surface area contributed by atoms with Crippen molar-refractivity contribution in [2.24, 2.45) is 11.8 Å². The topological polar surface area (TPSA) is 37.8 Å². The zero-order valence-corrected chi connectivity index (χ0v) is 11.6. The van der Waals surface area contributed by atoms with Gasteiger partial charge in [-0.05, 0) is 42.9 Å². The van der Waals surface area contributed by atoms with Gasteiger partial charge in [0.05, 0.1) is 6.20 Å². The maximum absolute atomic E-state index is 4.03. The number of nitrogens with one attached hydrogen (secondary N) is 1. The van der Waals surface area contributed by atoms with Crippen LogP contribution < -0.4 is 5.32 Å². The molecule has 1 aliphatic carbocycles. The fourth-order valence-electron chi connectivity index (χ4n) is 3.27. The minimum atomic E-state index is 0.458. The third-order valence-electron chi connectivity index (χ3n) is 4.26. The quantitative estimate of drug-likeness (QED) is 0.867. The van der Waals surface area contributed by atoms with E-state index in [1.165, 1.54) is 37.7 Å². The van der Waals surface area contributed by atoms with Crippen molar-refractivity contribution in [1.29, 1.82) is 0 Å². The highest BCUT2D eigenvalue weighted by atomic mass is 15.1. The van der Waals surface area contributed by atoms with Crippen molar-refractivity contribution in [2.45, 2.75) is 52.0 Å². The number of hydrogen-bond acceptors (Lipinski definition) is 3. The van der Waals surface area contributed by atoms with E-state index in [1.807, 2.05) is 6.20 Å².